The number of nitrogens with zero attached hydrogens (tertiary/aromatic N) is 3. The largest absolute Gasteiger partial charge is 0.299 e. The molecule has 0 atom stereocenters. The lowest BCUT2D eigenvalue weighted by Crippen LogP contribution is -2.30. The number of aryl methyl sites for hydroxylation is 1. The van der Waals surface area contributed by atoms with Crippen LogP contribution in [0.2, 0.25) is 0 Å². The van der Waals surface area contributed by atoms with Crippen LogP contribution >= 0.6 is 0 Å². The first-order valence-electron chi connectivity index (χ1n) is 8.03. The Morgan fingerprint density at radius 3 is 2.61 bits per heavy atom. The molecular formula is C18H22FN3O. The van der Waals surface area contributed by atoms with Crippen molar-refractivity contribution in [3.63, 3.8) is 0 Å². The Balaban J connectivity index is 1.86. The van der Waals surface area contributed by atoms with Gasteiger partial charge in [-0.3, -0.25) is 9.74 Å². The summed E-state index contributed by atoms with van der Waals surface area (Å²) in [6.45, 7) is 8.49. The summed E-state index contributed by atoms with van der Waals surface area (Å²) in [5.41, 5.74) is 2.91. The number of hydrogen-bond donors (Lipinski definition) is 0. The molecular weight excluding hydrogens is 293 g/mol. The Bertz CT molecular complexity index is 660. The molecule has 1 aromatic heterocycles. The molecule has 1 aliphatic rings. The van der Waals surface area contributed by atoms with Crippen LogP contribution in [0.4, 0.5) is 10.2 Å². The Morgan fingerprint density at radius 2 is 1.87 bits per heavy atom. The third kappa shape index (κ3) is 3.86. The van der Waals surface area contributed by atoms with E-state index in [2.05, 4.69) is 16.8 Å². The molecule has 0 amide bonds. The average Bonchev–Trinajstić information content (AvgIpc) is 2.80. The van der Waals surface area contributed by atoms with Crippen molar-refractivity contribution in [1.82, 2.24) is 9.88 Å². The third-order valence-corrected chi connectivity index (χ3v) is 4.09. The normalized spacial score (nSPS) is 16.4. The van der Waals surface area contributed by atoms with Crippen LogP contribution in [0.15, 0.2) is 36.4 Å². The van der Waals surface area contributed by atoms with Crippen LogP contribution in [0.25, 0.3) is 11.1 Å². The summed E-state index contributed by atoms with van der Waals surface area (Å²) in [6.07, 6.45) is 0. The highest BCUT2D eigenvalue weighted by Crippen LogP contribution is 2.25. The van der Waals surface area contributed by atoms with Crippen molar-refractivity contribution in [3.05, 3.63) is 47.9 Å². The molecule has 4 nitrogen and oxygen atoms in total. The van der Waals surface area contributed by atoms with Gasteiger partial charge in [0.25, 0.3) is 0 Å². The van der Waals surface area contributed by atoms with Gasteiger partial charge < -0.3 is 0 Å². The Kier molecular flexibility index (Phi) is 4.88. The molecule has 1 fully saturated rings. The second-order valence-electron chi connectivity index (χ2n) is 5.73. The standard InChI is InChI=1S/C18H22FN3O/c1-3-21-8-9-22(23-11-10-21)18-13-16(12-14(2)20-18)15-4-6-17(19)7-5-15/h4-7,12-13H,3,8-11H2,1-2H3. The molecule has 0 spiro atoms. The van der Waals surface area contributed by atoms with E-state index in [0.717, 1.165) is 48.8 Å². The number of hydrogen-bond acceptors (Lipinski definition) is 4. The van der Waals surface area contributed by atoms with Gasteiger partial charge in [0, 0.05) is 18.8 Å². The second kappa shape index (κ2) is 7.06. The first kappa shape index (κ1) is 15.9. The number of benzene rings is 1. The van der Waals surface area contributed by atoms with Crippen LogP contribution in [0.1, 0.15) is 12.6 Å². The summed E-state index contributed by atoms with van der Waals surface area (Å²) >= 11 is 0. The fourth-order valence-electron chi connectivity index (χ4n) is 2.77. The number of halogens is 1. The molecule has 1 aliphatic heterocycles. The van der Waals surface area contributed by atoms with E-state index in [0.29, 0.717) is 6.61 Å². The lowest BCUT2D eigenvalue weighted by atomic mass is 10.1. The number of aromatic nitrogens is 1. The van der Waals surface area contributed by atoms with E-state index >= 15 is 0 Å². The highest BCUT2D eigenvalue weighted by atomic mass is 19.1. The van der Waals surface area contributed by atoms with Gasteiger partial charge in [-0.15, -0.1) is 0 Å². The van der Waals surface area contributed by atoms with Crippen LogP contribution < -0.4 is 5.06 Å². The molecule has 1 saturated heterocycles. The summed E-state index contributed by atoms with van der Waals surface area (Å²) in [5.74, 6) is 0.581. The van der Waals surface area contributed by atoms with E-state index in [-0.39, 0.29) is 5.82 Å². The number of rotatable bonds is 3. The highest BCUT2D eigenvalue weighted by Gasteiger charge is 2.17. The maximum Gasteiger partial charge on any atom is 0.153 e. The van der Waals surface area contributed by atoms with E-state index in [4.69, 9.17) is 4.84 Å². The van der Waals surface area contributed by atoms with Gasteiger partial charge in [0.15, 0.2) is 5.82 Å². The molecule has 2 heterocycles. The van der Waals surface area contributed by atoms with Gasteiger partial charge in [-0.05, 0) is 48.9 Å². The molecule has 3 rings (SSSR count). The first-order valence-corrected chi connectivity index (χ1v) is 8.03. The quantitative estimate of drug-likeness (QED) is 0.869. The Labute approximate surface area is 136 Å². The van der Waals surface area contributed by atoms with Crippen LogP contribution in [0.3, 0.4) is 0 Å². The average molecular weight is 315 g/mol. The zero-order valence-electron chi connectivity index (χ0n) is 13.6. The van der Waals surface area contributed by atoms with E-state index < -0.39 is 0 Å². The van der Waals surface area contributed by atoms with E-state index in [1.807, 2.05) is 24.1 Å². The zero-order chi connectivity index (χ0) is 16.2. The maximum absolute atomic E-state index is 13.1. The number of likely N-dealkylation sites (N-methyl/N-ethyl adjacent to an activating group) is 1. The summed E-state index contributed by atoms with van der Waals surface area (Å²) in [6, 6.07) is 10.5. The Hall–Kier alpha value is -1.98. The zero-order valence-corrected chi connectivity index (χ0v) is 13.6. The maximum atomic E-state index is 13.1. The van der Waals surface area contributed by atoms with Crippen molar-refractivity contribution in [1.29, 1.82) is 0 Å². The molecule has 122 valence electrons. The lowest BCUT2D eigenvalue weighted by molar-refractivity contribution is 0.116. The molecule has 0 unspecified atom stereocenters. The first-order chi connectivity index (χ1) is 11.2. The highest BCUT2D eigenvalue weighted by molar-refractivity contribution is 5.67. The SMILES string of the molecule is CCN1CCON(c2cc(-c3ccc(F)cc3)cc(C)n2)CC1. The molecule has 0 radical (unpaired) electrons. The number of hydroxylamine groups is 1. The molecule has 2 aromatic rings. The van der Waals surface area contributed by atoms with Gasteiger partial charge in [-0.1, -0.05) is 19.1 Å². The van der Waals surface area contributed by atoms with E-state index in [1.54, 1.807) is 12.1 Å². The van der Waals surface area contributed by atoms with Crippen LogP contribution in [-0.2, 0) is 4.84 Å². The fraction of sp³-hybridized carbons (Fsp3) is 0.389. The topological polar surface area (TPSA) is 28.6 Å². The molecule has 23 heavy (non-hydrogen) atoms. The van der Waals surface area contributed by atoms with Crippen LogP contribution in [-0.4, -0.2) is 42.7 Å². The molecule has 0 aliphatic carbocycles. The van der Waals surface area contributed by atoms with Crippen molar-refractivity contribution in [3.8, 4) is 11.1 Å². The smallest absolute Gasteiger partial charge is 0.153 e. The second-order valence-corrected chi connectivity index (χ2v) is 5.73. The number of anilines is 1. The third-order valence-electron chi connectivity index (χ3n) is 4.09. The predicted octanol–water partition coefficient (Wildman–Crippen LogP) is 3.27. The predicted molar refractivity (Wildman–Crippen MR) is 89.8 cm³/mol. The minimum Gasteiger partial charge on any atom is -0.299 e. The minimum absolute atomic E-state index is 0.227. The summed E-state index contributed by atoms with van der Waals surface area (Å²) in [7, 11) is 0. The summed E-state index contributed by atoms with van der Waals surface area (Å²) < 4.78 is 13.1. The molecule has 0 saturated carbocycles. The van der Waals surface area contributed by atoms with Gasteiger partial charge in [-0.2, -0.15) is 0 Å². The van der Waals surface area contributed by atoms with Gasteiger partial charge in [-0.25, -0.2) is 14.4 Å². The molecule has 0 N–H and O–H groups in total. The van der Waals surface area contributed by atoms with Crippen molar-refractivity contribution in [2.24, 2.45) is 0 Å². The molecule has 0 bridgehead atoms. The summed E-state index contributed by atoms with van der Waals surface area (Å²) in [4.78, 5) is 12.8. The van der Waals surface area contributed by atoms with Crippen molar-refractivity contribution in [2.45, 2.75) is 13.8 Å². The molecule has 1 aromatic carbocycles. The van der Waals surface area contributed by atoms with Gasteiger partial charge in [0.05, 0.1) is 13.2 Å². The number of pyridine rings is 1. The monoisotopic (exact) mass is 315 g/mol. The van der Waals surface area contributed by atoms with Gasteiger partial charge in [0.2, 0.25) is 0 Å². The van der Waals surface area contributed by atoms with Gasteiger partial charge in [0.1, 0.15) is 5.82 Å². The van der Waals surface area contributed by atoms with Crippen molar-refractivity contribution < 1.29 is 9.23 Å². The van der Waals surface area contributed by atoms with Crippen LogP contribution in [0, 0.1) is 12.7 Å². The van der Waals surface area contributed by atoms with E-state index in [1.165, 1.54) is 12.1 Å². The van der Waals surface area contributed by atoms with Crippen molar-refractivity contribution >= 4 is 5.82 Å². The fourth-order valence-corrected chi connectivity index (χ4v) is 2.77. The Morgan fingerprint density at radius 1 is 1.09 bits per heavy atom. The minimum atomic E-state index is -0.227. The van der Waals surface area contributed by atoms with Gasteiger partial charge >= 0.3 is 0 Å². The van der Waals surface area contributed by atoms with Crippen LogP contribution in [0.5, 0.6) is 0 Å². The van der Waals surface area contributed by atoms with E-state index in [9.17, 15) is 4.39 Å². The van der Waals surface area contributed by atoms with Crippen molar-refractivity contribution in [2.75, 3.05) is 37.8 Å². The lowest BCUT2D eigenvalue weighted by Gasteiger charge is -2.21. The summed E-state index contributed by atoms with van der Waals surface area (Å²) in [5, 5.41) is 1.87. The molecule has 5 heteroatoms.